The molecule has 0 atom stereocenters. The number of anilines is 3. The summed E-state index contributed by atoms with van der Waals surface area (Å²) >= 11 is 1.33. The van der Waals surface area contributed by atoms with Crippen LogP contribution in [0, 0.1) is 6.92 Å². The van der Waals surface area contributed by atoms with E-state index in [2.05, 4.69) is 15.3 Å². The van der Waals surface area contributed by atoms with Crippen molar-refractivity contribution in [2.45, 2.75) is 40.2 Å². The van der Waals surface area contributed by atoms with Crippen LogP contribution in [0.4, 0.5) is 16.6 Å². The van der Waals surface area contributed by atoms with Crippen LogP contribution in [0.1, 0.15) is 32.4 Å². The lowest BCUT2D eigenvalue weighted by Gasteiger charge is -2.24. The van der Waals surface area contributed by atoms with E-state index in [-0.39, 0.29) is 24.0 Å². The average Bonchev–Trinajstić information content (AvgIpc) is 2.98. The minimum atomic E-state index is -0.597. The fraction of sp³-hybridized carbons (Fsp3) is 0.500. The van der Waals surface area contributed by atoms with Crippen molar-refractivity contribution in [1.82, 2.24) is 14.5 Å². The third kappa shape index (κ3) is 4.51. The number of likely N-dealkylation sites (N-methyl/N-ethyl adjacent to an activating group) is 1. The predicted octanol–water partition coefficient (Wildman–Crippen LogP) is 1.15. The van der Waals surface area contributed by atoms with Gasteiger partial charge in [-0.2, -0.15) is 0 Å². The number of nitrogens with zero attached hydrogens (tertiary/aromatic N) is 3. The first-order chi connectivity index (χ1) is 12.4. The molecule has 2 aromatic heterocycles. The summed E-state index contributed by atoms with van der Waals surface area (Å²) in [5.74, 6) is -0.238. The van der Waals surface area contributed by atoms with Gasteiger partial charge in [-0.05, 0) is 20.3 Å². The molecule has 0 fully saturated rings. The van der Waals surface area contributed by atoms with E-state index >= 15 is 0 Å². The maximum atomic E-state index is 12.3. The van der Waals surface area contributed by atoms with Gasteiger partial charge >= 0.3 is 5.69 Å². The standard InChI is InChI=1S/C16H24N6O3S/c1-4-6-7-22-13(17)12(14(24)20-16(22)25)21(5-2)8-11(23)19-15-18-10(3)9-26-15/h9H,4-8,17H2,1-3H3,(H,18,19,23)(H,20,24,25). The van der Waals surface area contributed by atoms with Crippen molar-refractivity contribution in [3.05, 3.63) is 31.9 Å². The SMILES string of the molecule is CCCCn1c(N)c(N(CC)CC(=O)Nc2nc(C)cs2)c(=O)[nH]c1=O. The zero-order valence-electron chi connectivity index (χ0n) is 15.2. The second-order valence-corrected chi connectivity index (χ2v) is 6.71. The van der Waals surface area contributed by atoms with Crippen LogP contribution in [0.15, 0.2) is 15.0 Å². The number of thiazole rings is 1. The Labute approximate surface area is 154 Å². The Hall–Kier alpha value is -2.62. The van der Waals surface area contributed by atoms with Gasteiger partial charge in [0.15, 0.2) is 5.13 Å². The topological polar surface area (TPSA) is 126 Å². The summed E-state index contributed by atoms with van der Waals surface area (Å²) in [6.45, 7) is 6.35. The van der Waals surface area contributed by atoms with Crippen LogP contribution >= 0.6 is 11.3 Å². The monoisotopic (exact) mass is 380 g/mol. The van der Waals surface area contributed by atoms with Crippen molar-refractivity contribution in [3.8, 4) is 0 Å². The molecule has 26 heavy (non-hydrogen) atoms. The smallest absolute Gasteiger partial charge is 0.330 e. The number of hydrogen-bond donors (Lipinski definition) is 3. The third-order valence-corrected chi connectivity index (χ3v) is 4.72. The molecule has 4 N–H and O–H groups in total. The van der Waals surface area contributed by atoms with Gasteiger partial charge in [0.05, 0.1) is 12.2 Å². The summed E-state index contributed by atoms with van der Waals surface area (Å²) in [7, 11) is 0. The predicted molar refractivity (Wildman–Crippen MR) is 104 cm³/mol. The molecule has 0 aliphatic carbocycles. The molecular formula is C16H24N6O3S. The van der Waals surface area contributed by atoms with E-state index in [1.54, 1.807) is 11.8 Å². The van der Waals surface area contributed by atoms with Gasteiger partial charge in [-0.15, -0.1) is 11.3 Å². The molecule has 9 nitrogen and oxygen atoms in total. The molecule has 0 saturated heterocycles. The number of nitrogens with one attached hydrogen (secondary N) is 2. The molecule has 0 spiro atoms. The quantitative estimate of drug-likeness (QED) is 0.631. The van der Waals surface area contributed by atoms with Gasteiger partial charge in [-0.3, -0.25) is 19.1 Å². The Morgan fingerprint density at radius 2 is 2.15 bits per heavy atom. The van der Waals surface area contributed by atoms with E-state index in [0.717, 1.165) is 18.5 Å². The lowest BCUT2D eigenvalue weighted by Crippen LogP contribution is -2.41. The van der Waals surface area contributed by atoms with E-state index in [0.29, 0.717) is 18.2 Å². The summed E-state index contributed by atoms with van der Waals surface area (Å²) in [6.07, 6.45) is 1.64. The number of aromatic nitrogens is 3. The number of nitrogens with two attached hydrogens (primary N) is 1. The average molecular weight is 380 g/mol. The van der Waals surface area contributed by atoms with Crippen molar-refractivity contribution >= 4 is 33.9 Å². The number of unbranched alkanes of at least 4 members (excludes halogenated alkanes) is 1. The first-order valence-corrected chi connectivity index (χ1v) is 9.34. The van der Waals surface area contributed by atoms with Crippen LogP contribution in [0.25, 0.3) is 0 Å². The van der Waals surface area contributed by atoms with Gasteiger partial charge in [-0.1, -0.05) is 13.3 Å². The number of hydrogen-bond acceptors (Lipinski definition) is 7. The van der Waals surface area contributed by atoms with Crippen LogP contribution in [-0.2, 0) is 11.3 Å². The molecule has 2 heterocycles. The van der Waals surface area contributed by atoms with Crippen LogP contribution in [0.3, 0.4) is 0 Å². The molecule has 0 unspecified atom stereocenters. The van der Waals surface area contributed by atoms with Crippen molar-refractivity contribution in [2.75, 3.05) is 29.0 Å². The number of aromatic amines is 1. The van der Waals surface area contributed by atoms with Gasteiger partial charge in [0.2, 0.25) is 5.91 Å². The van der Waals surface area contributed by atoms with Crippen molar-refractivity contribution in [3.63, 3.8) is 0 Å². The molecule has 2 aromatic rings. The lowest BCUT2D eigenvalue weighted by atomic mass is 10.3. The number of rotatable bonds is 8. The zero-order valence-corrected chi connectivity index (χ0v) is 16.0. The second-order valence-electron chi connectivity index (χ2n) is 5.85. The summed E-state index contributed by atoms with van der Waals surface area (Å²) in [4.78, 5) is 44.6. The van der Waals surface area contributed by atoms with Crippen LogP contribution in [0.2, 0.25) is 0 Å². The summed E-state index contributed by atoms with van der Waals surface area (Å²) < 4.78 is 1.34. The number of aryl methyl sites for hydroxylation is 1. The Bertz CT molecular complexity index is 885. The van der Waals surface area contributed by atoms with Gasteiger partial charge in [0, 0.05) is 18.5 Å². The number of amides is 1. The lowest BCUT2D eigenvalue weighted by molar-refractivity contribution is -0.115. The molecule has 0 saturated carbocycles. The number of H-pyrrole nitrogens is 1. The molecule has 1 amide bonds. The van der Waals surface area contributed by atoms with Crippen molar-refractivity contribution in [2.24, 2.45) is 0 Å². The molecule has 2 rings (SSSR count). The normalized spacial score (nSPS) is 10.7. The highest BCUT2D eigenvalue weighted by atomic mass is 32.1. The molecule has 0 bridgehead atoms. The van der Waals surface area contributed by atoms with Crippen molar-refractivity contribution in [1.29, 1.82) is 0 Å². The molecule has 0 aliphatic rings. The Balaban J connectivity index is 2.27. The van der Waals surface area contributed by atoms with E-state index < -0.39 is 11.2 Å². The second kappa shape index (κ2) is 8.65. The third-order valence-electron chi connectivity index (χ3n) is 3.85. The Morgan fingerprint density at radius 1 is 1.42 bits per heavy atom. The van der Waals surface area contributed by atoms with E-state index in [4.69, 9.17) is 5.73 Å². The number of nitrogen functional groups attached to an aromatic ring is 1. The van der Waals surface area contributed by atoms with Gasteiger partial charge in [-0.25, -0.2) is 9.78 Å². The first-order valence-electron chi connectivity index (χ1n) is 8.46. The van der Waals surface area contributed by atoms with E-state index in [1.165, 1.54) is 15.9 Å². The Kier molecular flexibility index (Phi) is 6.56. The number of carbonyl (C=O) groups excluding carboxylic acids is 1. The highest BCUT2D eigenvalue weighted by Crippen LogP contribution is 2.18. The molecule has 142 valence electrons. The zero-order chi connectivity index (χ0) is 19.3. The molecular weight excluding hydrogens is 356 g/mol. The highest BCUT2D eigenvalue weighted by Gasteiger charge is 2.20. The van der Waals surface area contributed by atoms with E-state index in [1.807, 2.05) is 19.2 Å². The molecule has 0 radical (unpaired) electrons. The summed E-state index contributed by atoms with van der Waals surface area (Å²) in [6, 6.07) is 0. The number of carbonyl (C=O) groups is 1. The van der Waals surface area contributed by atoms with Gasteiger partial charge < -0.3 is 16.0 Å². The highest BCUT2D eigenvalue weighted by molar-refractivity contribution is 7.13. The Morgan fingerprint density at radius 3 is 2.73 bits per heavy atom. The van der Waals surface area contributed by atoms with Crippen LogP contribution in [0.5, 0.6) is 0 Å². The van der Waals surface area contributed by atoms with Crippen LogP contribution < -0.4 is 27.2 Å². The van der Waals surface area contributed by atoms with E-state index in [9.17, 15) is 14.4 Å². The fourth-order valence-corrected chi connectivity index (χ4v) is 3.22. The fourth-order valence-electron chi connectivity index (χ4n) is 2.51. The van der Waals surface area contributed by atoms with Gasteiger partial charge in [0.1, 0.15) is 11.5 Å². The summed E-state index contributed by atoms with van der Waals surface area (Å²) in [5.41, 5.74) is 5.91. The maximum Gasteiger partial charge on any atom is 0.330 e. The molecule has 0 aliphatic heterocycles. The van der Waals surface area contributed by atoms with Crippen LogP contribution in [-0.4, -0.2) is 33.5 Å². The molecule has 10 heteroatoms. The minimum Gasteiger partial charge on any atom is -0.383 e. The first kappa shape index (κ1) is 19.7. The minimum absolute atomic E-state index is 0.0750. The van der Waals surface area contributed by atoms with Crippen molar-refractivity contribution < 1.29 is 4.79 Å². The summed E-state index contributed by atoms with van der Waals surface area (Å²) in [5, 5.41) is 5.03. The van der Waals surface area contributed by atoms with Gasteiger partial charge in [0.25, 0.3) is 5.56 Å². The largest absolute Gasteiger partial charge is 0.383 e. The maximum absolute atomic E-state index is 12.3. The molecule has 0 aromatic carbocycles.